The molecule has 7 heterocycles. The van der Waals surface area contributed by atoms with Gasteiger partial charge in [0.2, 0.25) is 32.9 Å². The number of para-hydroxylation sites is 2. The highest BCUT2D eigenvalue weighted by atomic mass is 32.2. The van der Waals surface area contributed by atoms with Crippen LogP contribution in [0, 0.1) is 0 Å². The molecule has 17 nitrogen and oxygen atoms in total. The van der Waals surface area contributed by atoms with Crippen LogP contribution in [0.1, 0.15) is 37.0 Å². The molecule has 0 bridgehead atoms. The van der Waals surface area contributed by atoms with Crippen molar-refractivity contribution in [1.82, 2.24) is 24.0 Å². The number of thioether (sulfide) groups is 1. The number of carboxylic acids is 1. The van der Waals surface area contributed by atoms with E-state index in [0.717, 1.165) is 74.7 Å². The third-order valence-electron chi connectivity index (χ3n) is 16.4. The Morgan fingerprint density at radius 3 is 2.43 bits per heavy atom. The number of benzene rings is 6. The molecular formula is C59H53N6O11S3+. The lowest BCUT2D eigenvalue weighted by Gasteiger charge is -2.50. The summed E-state index contributed by atoms with van der Waals surface area (Å²) in [6, 6.07) is 40.4. The first-order chi connectivity index (χ1) is 37.9. The average Bonchev–Trinajstić information content (AvgIpc) is 4.34. The van der Waals surface area contributed by atoms with Crippen molar-refractivity contribution in [2.75, 3.05) is 37.4 Å². The number of ether oxygens (including phenoxy) is 1. The number of carbonyl (C=O) groups excluding carboxylic acids is 3. The van der Waals surface area contributed by atoms with Crippen LogP contribution in [0.15, 0.2) is 154 Å². The van der Waals surface area contributed by atoms with E-state index in [9.17, 15) is 41.1 Å². The van der Waals surface area contributed by atoms with Crippen molar-refractivity contribution in [3.63, 3.8) is 0 Å². The Balaban J connectivity index is 0.745. The molecular weight excluding hydrogens is 1060 g/mol. The molecule has 2 N–H and O–H groups in total. The van der Waals surface area contributed by atoms with Crippen molar-refractivity contribution >= 4 is 83.3 Å². The highest BCUT2D eigenvalue weighted by Crippen LogP contribution is 2.48. The normalized spacial score (nSPS) is 22.4. The van der Waals surface area contributed by atoms with Gasteiger partial charge in [-0.3, -0.25) is 19.3 Å². The summed E-state index contributed by atoms with van der Waals surface area (Å²) >= 11 is 1.23. The van der Waals surface area contributed by atoms with Crippen LogP contribution in [0.3, 0.4) is 0 Å². The number of anilines is 2. The lowest BCUT2D eigenvalue weighted by molar-refractivity contribution is -0.154. The highest BCUT2D eigenvalue weighted by Gasteiger charge is 2.68. The van der Waals surface area contributed by atoms with Gasteiger partial charge in [-0.25, -0.2) is 21.6 Å². The first-order valence-corrected chi connectivity index (χ1v) is 30.0. The number of sulfonamides is 1. The number of carbonyl (C=O) groups is 4. The Morgan fingerprint density at radius 2 is 1.65 bits per heavy atom. The molecule has 20 heteroatoms. The average molecular weight is 1120 g/mol. The Labute approximate surface area is 459 Å². The lowest BCUT2D eigenvalue weighted by Crippen LogP contribution is -2.72. The fourth-order valence-electron chi connectivity index (χ4n) is 12.3. The summed E-state index contributed by atoms with van der Waals surface area (Å²) in [4.78, 5) is 56.8. The van der Waals surface area contributed by atoms with E-state index < -0.39 is 71.1 Å². The fourth-order valence-corrected chi connectivity index (χ4v) is 17.1. The first-order valence-electron chi connectivity index (χ1n) is 26.0. The molecule has 13 rings (SSSR count). The third kappa shape index (κ3) is 7.99. The smallest absolute Gasteiger partial charge is 0.352 e. The van der Waals surface area contributed by atoms with Crippen LogP contribution in [-0.4, -0.2) is 120 Å². The van der Waals surface area contributed by atoms with Crippen molar-refractivity contribution in [3.05, 3.63) is 167 Å². The van der Waals surface area contributed by atoms with E-state index in [0.29, 0.717) is 33.8 Å². The van der Waals surface area contributed by atoms with E-state index in [-0.39, 0.29) is 35.9 Å². The van der Waals surface area contributed by atoms with Crippen LogP contribution in [0.25, 0.3) is 33.4 Å². The summed E-state index contributed by atoms with van der Waals surface area (Å²) in [6.07, 6.45) is 1.63. The largest absolute Gasteiger partial charge is 0.489 e. The number of hydrogen-bond acceptors (Lipinski definition) is 12. The maximum absolute atomic E-state index is 14.9. The van der Waals surface area contributed by atoms with Crippen LogP contribution < -0.4 is 24.9 Å². The summed E-state index contributed by atoms with van der Waals surface area (Å²) in [6.45, 7) is 4.23. The molecule has 3 saturated heterocycles. The SMILES string of the molecule is CN(Cc1ccc(OCC2=C(C(=O)O)N3C(=O)[C@@H](NC(=O)[C@@H]4N5C(=O)C[C@H]5S(=O)(=O)C4(C)C)[C@H]3SC2)cc1)S(=O)(=O)c1ccccc1-c1c2ccc(=[N+]3CCc4ccccc43)cc-2oc2cc(N3CCc4ccccc43)ccc12. The second-order valence-corrected chi connectivity index (χ2v) is 27.1. The molecule has 79 heavy (non-hydrogen) atoms. The number of hydrogen-bond donors (Lipinski definition) is 2. The van der Waals surface area contributed by atoms with Gasteiger partial charge in [-0.15, -0.1) is 11.8 Å². The van der Waals surface area contributed by atoms with E-state index in [1.54, 1.807) is 36.4 Å². The van der Waals surface area contributed by atoms with E-state index in [1.807, 2.05) is 36.4 Å². The number of nitrogens with one attached hydrogen (secondary N) is 1. The van der Waals surface area contributed by atoms with Gasteiger partial charge in [0.1, 0.15) is 52.2 Å². The Bertz CT molecular complexity index is 4100. The molecule has 0 aromatic heterocycles. The minimum absolute atomic E-state index is 0.00794. The molecule has 3 fully saturated rings. The number of nitrogens with zero attached hydrogens (tertiary/aromatic N) is 5. The van der Waals surface area contributed by atoms with Crippen molar-refractivity contribution in [1.29, 1.82) is 0 Å². The first kappa shape index (κ1) is 50.7. The number of rotatable bonds is 12. The van der Waals surface area contributed by atoms with Gasteiger partial charge in [-0.05, 0) is 73.9 Å². The van der Waals surface area contributed by atoms with Crippen molar-refractivity contribution < 1.29 is 50.3 Å². The van der Waals surface area contributed by atoms with Crippen LogP contribution >= 0.6 is 11.8 Å². The summed E-state index contributed by atoms with van der Waals surface area (Å²) in [7, 11) is -6.47. The fraction of sp³-hybridized carbons (Fsp3) is 0.271. The van der Waals surface area contributed by atoms with E-state index in [2.05, 4.69) is 75.5 Å². The molecule has 402 valence electrons. The third-order valence-corrected chi connectivity index (χ3v) is 22.4. The van der Waals surface area contributed by atoms with Gasteiger partial charge in [-0.1, -0.05) is 66.7 Å². The zero-order valence-electron chi connectivity index (χ0n) is 43.2. The molecule has 0 unspecified atom stereocenters. The van der Waals surface area contributed by atoms with Gasteiger partial charge < -0.3 is 29.4 Å². The highest BCUT2D eigenvalue weighted by molar-refractivity contribution is 8.00. The van der Waals surface area contributed by atoms with Gasteiger partial charge in [0, 0.05) is 95.1 Å². The monoisotopic (exact) mass is 1120 g/mol. The van der Waals surface area contributed by atoms with Crippen LogP contribution in [-0.2, 0) is 58.4 Å². The van der Waals surface area contributed by atoms with E-state index in [1.165, 1.54) is 48.1 Å². The molecule has 7 aliphatic heterocycles. The number of fused-ring (bicyclic) bond motifs is 6. The Kier molecular flexibility index (Phi) is 12.0. The number of β-lactam (4-membered cyclic amide) rings is 2. The maximum atomic E-state index is 14.9. The number of aliphatic carboxylic acids is 1. The van der Waals surface area contributed by atoms with Crippen molar-refractivity contribution in [3.8, 4) is 28.2 Å². The molecule has 5 aromatic carbocycles. The number of amides is 3. The molecule has 3 amide bonds. The second-order valence-electron chi connectivity index (χ2n) is 21.3. The zero-order chi connectivity index (χ0) is 54.9. The number of sulfone groups is 1. The lowest BCUT2D eigenvalue weighted by atomic mass is 9.93. The van der Waals surface area contributed by atoms with Crippen LogP contribution in [0.4, 0.5) is 17.1 Å². The summed E-state index contributed by atoms with van der Waals surface area (Å²) < 4.78 is 71.1. The van der Waals surface area contributed by atoms with Crippen molar-refractivity contribution in [2.24, 2.45) is 0 Å². The molecule has 0 saturated carbocycles. The van der Waals surface area contributed by atoms with Gasteiger partial charge in [0.15, 0.2) is 16.4 Å². The summed E-state index contributed by atoms with van der Waals surface area (Å²) in [5, 5.41) is 12.8. The predicted molar refractivity (Wildman–Crippen MR) is 298 cm³/mol. The molecule has 5 aromatic rings. The Morgan fingerprint density at radius 1 is 0.899 bits per heavy atom. The molecule has 0 spiro atoms. The minimum atomic E-state index is -4.15. The van der Waals surface area contributed by atoms with Crippen molar-refractivity contribution in [2.45, 2.75) is 72.1 Å². The molecule has 0 radical (unpaired) electrons. The van der Waals surface area contributed by atoms with Gasteiger partial charge >= 0.3 is 5.97 Å². The van der Waals surface area contributed by atoms with Gasteiger partial charge in [0.05, 0.1) is 22.1 Å². The topological polar surface area (TPSA) is 207 Å². The quantitative estimate of drug-likeness (QED) is 0.0750. The standard InChI is InChI=1S/C59H52N6O11S3/c1-59(2)54(64-49(66)30-50(64)78(59,71)72)55(67)60-52-56(68)65-53(58(69)70)37(33-77-57(52)65)32-75-40-20-16-34(17-21-40)31-61(3)79(73,74)48-15-9-6-12-43(48)51-41-22-18-38(62-26-24-35-10-4-7-13-44(35)62)28-46(41)76-47-29-39(19-23-42(47)51)63-27-25-36-11-5-8-14-45(36)63/h4-23,28-29,50,52,54,57H,24-27,30-33H2,1-3H3,(H-,60,67,69,70)/p+1/t50-,52-,54+,57-/m1/s1. The maximum Gasteiger partial charge on any atom is 0.352 e. The predicted octanol–water partition coefficient (Wildman–Crippen LogP) is 6.63. The van der Waals surface area contributed by atoms with Gasteiger partial charge in [-0.2, -0.15) is 8.88 Å². The Hall–Kier alpha value is -7.78. The van der Waals surface area contributed by atoms with Gasteiger partial charge in [0.25, 0.3) is 5.91 Å². The molecule has 8 aliphatic rings. The second kappa shape index (κ2) is 18.7. The van der Waals surface area contributed by atoms with E-state index in [4.69, 9.17) is 9.15 Å². The molecule has 4 atom stereocenters. The molecule has 1 aliphatic carbocycles. The summed E-state index contributed by atoms with van der Waals surface area (Å²) in [5.74, 6) is -2.17. The summed E-state index contributed by atoms with van der Waals surface area (Å²) in [5.41, 5.74) is 9.17. The minimum Gasteiger partial charge on any atom is -0.489 e. The van der Waals surface area contributed by atoms with E-state index >= 15 is 0 Å². The zero-order valence-corrected chi connectivity index (χ0v) is 45.6. The van der Waals surface area contributed by atoms with Crippen LogP contribution in [0.5, 0.6) is 5.75 Å². The van der Waals surface area contributed by atoms with Crippen LogP contribution in [0.2, 0.25) is 0 Å². The number of carboxylic acid groups (broad SMARTS) is 1.